The van der Waals surface area contributed by atoms with Crippen LogP contribution in [0, 0.1) is 0 Å². The van der Waals surface area contributed by atoms with E-state index in [2.05, 4.69) is 27.7 Å². The summed E-state index contributed by atoms with van der Waals surface area (Å²) in [7, 11) is -2.44. The van der Waals surface area contributed by atoms with Gasteiger partial charge in [-0.2, -0.15) is 0 Å². The van der Waals surface area contributed by atoms with Gasteiger partial charge in [-0.1, -0.05) is 20.8 Å². The van der Waals surface area contributed by atoms with Crippen LogP contribution in [0.5, 0.6) is 0 Å². The standard InChI is InChI=1S/C9H16BO6.C8H20N/c1-4-7(11)14-10(15-8(12)5-2)16-9(13)6-3;1-5-9(6-2,7-3)8-4/h10H,4-6H2,1-3H3;5-8H2,1-4H3/q-1;+1. The summed E-state index contributed by atoms with van der Waals surface area (Å²) in [5.41, 5.74) is 0. The molecule has 7 nitrogen and oxygen atoms in total. The summed E-state index contributed by atoms with van der Waals surface area (Å²) < 4.78 is 15.4. The second kappa shape index (κ2) is 14.8. The van der Waals surface area contributed by atoms with Gasteiger partial charge in [0.25, 0.3) is 17.9 Å². The van der Waals surface area contributed by atoms with Crippen molar-refractivity contribution in [3.63, 3.8) is 0 Å². The van der Waals surface area contributed by atoms with Gasteiger partial charge in [0.05, 0.1) is 26.2 Å². The highest BCUT2D eigenvalue weighted by atomic mass is 16.8. The first kappa shape index (κ1) is 25.7. The molecule has 25 heavy (non-hydrogen) atoms. The van der Waals surface area contributed by atoms with Crippen molar-refractivity contribution in [2.45, 2.75) is 67.7 Å². The number of hydrogen-bond donors (Lipinski definition) is 0. The molecule has 148 valence electrons. The Morgan fingerprint density at radius 2 is 0.840 bits per heavy atom. The monoisotopic (exact) mass is 361 g/mol. The average Bonchev–Trinajstić information content (AvgIpc) is 2.64. The molecule has 0 rings (SSSR count). The maximum absolute atomic E-state index is 11.0. The lowest BCUT2D eigenvalue weighted by molar-refractivity contribution is -0.921. The Bertz CT molecular complexity index is 338. The van der Waals surface area contributed by atoms with Crippen LogP contribution in [0.15, 0.2) is 0 Å². The van der Waals surface area contributed by atoms with Crippen LogP contribution in [0.4, 0.5) is 0 Å². The summed E-state index contributed by atoms with van der Waals surface area (Å²) in [6.45, 7) is 19.0. The van der Waals surface area contributed by atoms with Crippen molar-refractivity contribution in [1.82, 2.24) is 0 Å². The first-order chi connectivity index (χ1) is 11.8. The van der Waals surface area contributed by atoms with Crippen LogP contribution in [-0.4, -0.2) is 55.9 Å². The van der Waals surface area contributed by atoms with Crippen LogP contribution in [0.3, 0.4) is 0 Å². The minimum atomic E-state index is -2.44. The van der Waals surface area contributed by atoms with E-state index in [1.807, 2.05) is 0 Å². The maximum Gasteiger partial charge on any atom is 0.541 e. The molecule has 0 heterocycles. The molecule has 0 aliphatic rings. The van der Waals surface area contributed by atoms with E-state index in [0.717, 1.165) is 0 Å². The first-order valence-corrected chi connectivity index (χ1v) is 9.37. The number of carbonyl (C=O) groups excluding carboxylic acids is 3. The summed E-state index contributed by atoms with van der Waals surface area (Å²) in [5, 5.41) is 0. The fraction of sp³-hybridized carbons (Fsp3) is 0.824. The lowest BCUT2D eigenvalue weighted by Crippen LogP contribution is -2.47. The molecule has 0 saturated heterocycles. The van der Waals surface area contributed by atoms with E-state index in [-0.39, 0.29) is 19.3 Å². The zero-order valence-corrected chi connectivity index (χ0v) is 17.1. The number of carbonyl (C=O) groups is 3. The van der Waals surface area contributed by atoms with Gasteiger partial charge in [-0.15, -0.1) is 0 Å². The van der Waals surface area contributed by atoms with E-state index in [4.69, 9.17) is 14.0 Å². The molecule has 0 N–H and O–H groups in total. The van der Waals surface area contributed by atoms with Crippen molar-refractivity contribution >= 4 is 25.2 Å². The van der Waals surface area contributed by atoms with Crippen molar-refractivity contribution in [3.8, 4) is 0 Å². The second-order valence-corrected chi connectivity index (χ2v) is 5.57. The van der Waals surface area contributed by atoms with E-state index in [0.29, 0.717) is 0 Å². The third-order valence-electron chi connectivity index (χ3n) is 4.39. The molecular weight excluding hydrogens is 325 g/mol. The van der Waals surface area contributed by atoms with Crippen molar-refractivity contribution in [3.05, 3.63) is 0 Å². The Morgan fingerprint density at radius 3 is 0.960 bits per heavy atom. The summed E-state index contributed by atoms with van der Waals surface area (Å²) in [4.78, 5) is 32.9. The van der Waals surface area contributed by atoms with Crippen LogP contribution in [0.2, 0.25) is 0 Å². The van der Waals surface area contributed by atoms with Gasteiger partial charge in [0, 0.05) is 19.3 Å². The molecule has 0 unspecified atom stereocenters. The zero-order valence-electron chi connectivity index (χ0n) is 17.1. The topological polar surface area (TPSA) is 78.9 Å². The number of hydrogen-bond acceptors (Lipinski definition) is 6. The van der Waals surface area contributed by atoms with E-state index < -0.39 is 25.2 Å². The molecule has 0 aromatic carbocycles. The summed E-state index contributed by atoms with van der Waals surface area (Å²) in [6.07, 6.45) is 0.366. The highest BCUT2D eigenvalue weighted by Gasteiger charge is 2.17. The maximum atomic E-state index is 11.0. The highest BCUT2D eigenvalue weighted by Crippen LogP contribution is 2.03. The Balaban J connectivity index is 0. The molecule has 0 aliphatic carbocycles. The molecule has 0 fully saturated rings. The van der Waals surface area contributed by atoms with Crippen molar-refractivity contribution < 1.29 is 32.8 Å². The Morgan fingerprint density at radius 1 is 0.600 bits per heavy atom. The quantitative estimate of drug-likeness (QED) is 0.439. The van der Waals surface area contributed by atoms with Gasteiger partial charge in [0.15, 0.2) is 0 Å². The molecule has 0 saturated carbocycles. The largest absolute Gasteiger partial charge is 0.625 e. The molecule has 0 aromatic rings. The van der Waals surface area contributed by atoms with Crippen molar-refractivity contribution in [1.29, 1.82) is 0 Å². The third kappa shape index (κ3) is 11.6. The lowest BCUT2D eigenvalue weighted by atomic mass is 10.2. The average molecular weight is 361 g/mol. The van der Waals surface area contributed by atoms with Crippen LogP contribution >= 0.6 is 0 Å². The smallest absolute Gasteiger partial charge is 0.541 e. The first-order valence-electron chi connectivity index (χ1n) is 9.37. The van der Waals surface area contributed by atoms with E-state index >= 15 is 0 Å². The minimum Gasteiger partial charge on any atom is -0.625 e. The van der Waals surface area contributed by atoms with Gasteiger partial charge in [0.1, 0.15) is 0 Å². The molecule has 0 bridgehead atoms. The van der Waals surface area contributed by atoms with Crippen LogP contribution in [0.25, 0.3) is 0 Å². The Kier molecular flexibility index (Phi) is 15.1. The fourth-order valence-electron chi connectivity index (χ4n) is 2.13. The molecule has 0 radical (unpaired) electrons. The van der Waals surface area contributed by atoms with Gasteiger partial charge in [0.2, 0.25) is 0 Å². The van der Waals surface area contributed by atoms with Gasteiger partial charge in [-0.3, -0.25) is 14.4 Å². The SMILES string of the molecule is CCC(=O)O[BH-](OC(=O)CC)OC(=O)CC.CC[N+](CC)(CC)CC. The van der Waals surface area contributed by atoms with Gasteiger partial charge in [-0.05, 0) is 27.7 Å². The van der Waals surface area contributed by atoms with E-state index in [1.54, 1.807) is 20.8 Å². The normalized spacial score (nSPS) is 10.6. The Hall–Kier alpha value is -1.57. The minimum absolute atomic E-state index is 0.122. The van der Waals surface area contributed by atoms with E-state index in [9.17, 15) is 14.4 Å². The van der Waals surface area contributed by atoms with Gasteiger partial charge in [-0.25, -0.2) is 0 Å². The number of quaternary nitrogens is 1. The third-order valence-corrected chi connectivity index (χ3v) is 4.39. The van der Waals surface area contributed by atoms with Gasteiger partial charge >= 0.3 is 7.32 Å². The lowest BCUT2D eigenvalue weighted by Gasteiger charge is -2.34. The molecule has 0 amide bonds. The second-order valence-electron chi connectivity index (χ2n) is 5.57. The summed E-state index contributed by atoms with van der Waals surface area (Å²) in [6, 6.07) is 0. The predicted molar refractivity (Wildman–Crippen MR) is 98.7 cm³/mol. The van der Waals surface area contributed by atoms with Crippen LogP contribution < -0.4 is 0 Å². The van der Waals surface area contributed by atoms with Crippen LogP contribution in [-0.2, 0) is 28.3 Å². The van der Waals surface area contributed by atoms with E-state index in [1.165, 1.54) is 30.7 Å². The predicted octanol–water partition coefficient (Wildman–Crippen LogP) is 2.45. The summed E-state index contributed by atoms with van der Waals surface area (Å²) in [5.74, 6) is -1.73. The van der Waals surface area contributed by atoms with Crippen LogP contribution in [0.1, 0.15) is 67.7 Å². The van der Waals surface area contributed by atoms with Crippen molar-refractivity contribution in [2.75, 3.05) is 26.2 Å². The molecule has 0 aromatic heterocycles. The molecule has 0 aliphatic heterocycles. The summed E-state index contributed by atoms with van der Waals surface area (Å²) >= 11 is 0. The molecule has 0 atom stereocenters. The van der Waals surface area contributed by atoms with Crippen molar-refractivity contribution in [2.24, 2.45) is 0 Å². The molecule has 8 heteroatoms. The number of rotatable bonds is 10. The Labute approximate surface area is 152 Å². The highest BCUT2D eigenvalue weighted by molar-refractivity contribution is 6.44. The molecule has 0 spiro atoms. The zero-order chi connectivity index (χ0) is 19.9. The van der Waals surface area contributed by atoms with Gasteiger partial charge < -0.3 is 18.4 Å². The molecular formula is C17H36BNO6. The number of nitrogens with zero attached hydrogens (tertiary/aromatic N) is 1. The fourth-order valence-corrected chi connectivity index (χ4v) is 2.13.